The molecule has 0 saturated carbocycles. The SMILES string of the molecule is CC(=O)c1ccc(-c2cc3ncnc(-c4cccc(C(C)(C)O)c4F)c3o2)cc1. The van der Waals surface area contributed by atoms with Crippen LogP contribution in [0.1, 0.15) is 36.7 Å². The summed E-state index contributed by atoms with van der Waals surface area (Å²) in [6.07, 6.45) is 1.35. The summed E-state index contributed by atoms with van der Waals surface area (Å²) in [5.41, 5.74) is 1.64. The van der Waals surface area contributed by atoms with E-state index >= 15 is 4.39 Å². The Kier molecular flexibility index (Phi) is 4.51. The van der Waals surface area contributed by atoms with Gasteiger partial charge in [-0.15, -0.1) is 0 Å². The Morgan fingerprint density at radius 3 is 2.48 bits per heavy atom. The van der Waals surface area contributed by atoms with E-state index in [2.05, 4.69) is 9.97 Å². The molecule has 4 aromatic rings. The zero-order valence-corrected chi connectivity index (χ0v) is 16.2. The molecule has 29 heavy (non-hydrogen) atoms. The highest BCUT2D eigenvalue weighted by Crippen LogP contribution is 2.35. The van der Waals surface area contributed by atoms with Crippen LogP contribution in [0.2, 0.25) is 0 Å². The van der Waals surface area contributed by atoms with Gasteiger partial charge in [0.2, 0.25) is 0 Å². The van der Waals surface area contributed by atoms with Gasteiger partial charge < -0.3 is 9.52 Å². The summed E-state index contributed by atoms with van der Waals surface area (Å²) < 4.78 is 21.1. The molecule has 2 aromatic carbocycles. The van der Waals surface area contributed by atoms with E-state index in [-0.39, 0.29) is 16.9 Å². The molecule has 0 amide bonds. The lowest BCUT2D eigenvalue weighted by Crippen LogP contribution is -2.18. The normalized spacial score (nSPS) is 11.8. The first-order chi connectivity index (χ1) is 13.8. The average Bonchev–Trinajstić information content (AvgIpc) is 3.12. The van der Waals surface area contributed by atoms with Crippen LogP contribution in [0.4, 0.5) is 4.39 Å². The zero-order valence-electron chi connectivity index (χ0n) is 16.2. The van der Waals surface area contributed by atoms with Crippen LogP contribution in [0.3, 0.4) is 0 Å². The van der Waals surface area contributed by atoms with Gasteiger partial charge in [0, 0.05) is 28.3 Å². The highest BCUT2D eigenvalue weighted by atomic mass is 19.1. The Balaban J connectivity index is 1.85. The van der Waals surface area contributed by atoms with Gasteiger partial charge in [-0.1, -0.05) is 36.4 Å². The molecule has 4 rings (SSSR count). The Bertz CT molecular complexity index is 1220. The third kappa shape index (κ3) is 3.43. The molecule has 0 aliphatic heterocycles. The van der Waals surface area contributed by atoms with E-state index in [1.807, 2.05) is 0 Å². The molecular formula is C23H19FN2O3. The fourth-order valence-electron chi connectivity index (χ4n) is 3.25. The molecular weight excluding hydrogens is 371 g/mol. The lowest BCUT2D eigenvalue weighted by molar-refractivity contribution is 0.0746. The van der Waals surface area contributed by atoms with Crippen LogP contribution in [0.5, 0.6) is 0 Å². The van der Waals surface area contributed by atoms with Gasteiger partial charge in [-0.2, -0.15) is 0 Å². The van der Waals surface area contributed by atoms with Crippen molar-refractivity contribution in [2.24, 2.45) is 0 Å². The summed E-state index contributed by atoms with van der Waals surface area (Å²) in [7, 11) is 0. The number of fused-ring (bicyclic) bond motifs is 1. The second-order valence-electron chi connectivity index (χ2n) is 7.41. The molecule has 0 radical (unpaired) electrons. The number of halogens is 1. The molecule has 0 unspecified atom stereocenters. The number of Topliss-reactive ketones (excluding diaryl/α,β-unsaturated/α-hetero) is 1. The average molecular weight is 390 g/mol. The minimum atomic E-state index is -1.33. The van der Waals surface area contributed by atoms with Crippen LogP contribution < -0.4 is 0 Å². The molecule has 0 aliphatic carbocycles. The quantitative estimate of drug-likeness (QED) is 0.489. The molecule has 0 atom stereocenters. The minimum Gasteiger partial charge on any atom is -0.452 e. The van der Waals surface area contributed by atoms with Gasteiger partial charge in [0.1, 0.15) is 29.1 Å². The molecule has 0 bridgehead atoms. The monoisotopic (exact) mass is 390 g/mol. The van der Waals surface area contributed by atoms with E-state index in [4.69, 9.17) is 4.42 Å². The minimum absolute atomic E-state index is 0.0172. The number of hydrogen-bond acceptors (Lipinski definition) is 5. The predicted octanol–water partition coefficient (Wildman–Crippen LogP) is 5.13. The topological polar surface area (TPSA) is 76.2 Å². The van der Waals surface area contributed by atoms with Gasteiger partial charge in [0.15, 0.2) is 11.4 Å². The Hall–Kier alpha value is -3.38. The maximum absolute atomic E-state index is 15.1. The maximum Gasteiger partial charge on any atom is 0.179 e. The number of carbonyl (C=O) groups excluding carboxylic acids is 1. The highest BCUT2D eigenvalue weighted by Gasteiger charge is 2.24. The van der Waals surface area contributed by atoms with Gasteiger partial charge in [0.05, 0.1) is 5.60 Å². The van der Waals surface area contributed by atoms with Crippen molar-refractivity contribution in [3.05, 3.63) is 71.8 Å². The summed E-state index contributed by atoms with van der Waals surface area (Å²) in [5, 5.41) is 10.2. The summed E-state index contributed by atoms with van der Waals surface area (Å²) in [5.74, 6) is -0.0314. The number of aliphatic hydroxyl groups is 1. The number of ketones is 1. The molecule has 2 heterocycles. The van der Waals surface area contributed by atoms with E-state index in [0.717, 1.165) is 5.56 Å². The smallest absolute Gasteiger partial charge is 0.179 e. The van der Waals surface area contributed by atoms with E-state index in [1.54, 1.807) is 48.5 Å². The third-order valence-electron chi connectivity index (χ3n) is 4.80. The first-order valence-electron chi connectivity index (χ1n) is 9.13. The molecule has 0 saturated heterocycles. The summed E-state index contributed by atoms with van der Waals surface area (Å²) in [6, 6.07) is 13.6. The molecule has 6 heteroatoms. The van der Waals surface area contributed by atoms with E-state index < -0.39 is 11.4 Å². The second-order valence-corrected chi connectivity index (χ2v) is 7.41. The molecule has 0 spiro atoms. The van der Waals surface area contributed by atoms with Gasteiger partial charge in [0.25, 0.3) is 0 Å². The fraction of sp³-hybridized carbons (Fsp3) is 0.174. The van der Waals surface area contributed by atoms with Gasteiger partial charge >= 0.3 is 0 Å². The predicted molar refractivity (Wildman–Crippen MR) is 108 cm³/mol. The molecule has 146 valence electrons. The zero-order chi connectivity index (χ0) is 20.8. The maximum atomic E-state index is 15.1. The Labute approximate surface area is 166 Å². The molecule has 0 aliphatic rings. The van der Waals surface area contributed by atoms with Crippen molar-refractivity contribution >= 4 is 16.9 Å². The number of furan rings is 1. The van der Waals surface area contributed by atoms with Crippen molar-refractivity contribution in [2.75, 3.05) is 0 Å². The molecule has 0 fully saturated rings. The molecule has 5 nitrogen and oxygen atoms in total. The number of benzene rings is 2. The van der Waals surface area contributed by atoms with Crippen LogP contribution >= 0.6 is 0 Å². The largest absolute Gasteiger partial charge is 0.452 e. The van der Waals surface area contributed by atoms with Crippen molar-refractivity contribution in [1.29, 1.82) is 0 Å². The summed E-state index contributed by atoms with van der Waals surface area (Å²) in [4.78, 5) is 19.9. The lowest BCUT2D eigenvalue weighted by Gasteiger charge is -2.19. The number of aromatic nitrogens is 2. The van der Waals surface area contributed by atoms with E-state index in [0.29, 0.717) is 28.1 Å². The van der Waals surface area contributed by atoms with Crippen LogP contribution in [-0.2, 0) is 5.60 Å². The fourth-order valence-corrected chi connectivity index (χ4v) is 3.25. The van der Waals surface area contributed by atoms with Crippen molar-refractivity contribution in [3.8, 4) is 22.6 Å². The molecule has 2 aromatic heterocycles. The van der Waals surface area contributed by atoms with Gasteiger partial charge in [-0.05, 0) is 26.8 Å². The van der Waals surface area contributed by atoms with Crippen molar-refractivity contribution < 1.29 is 18.7 Å². The van der Waals surface area contributed by atoms with Crippen LogP contribution in [-0.4, -0.2) is 20.9 Å². The molecule has 1 N–H and O–H groups in total. The summed E-state index contributed by atoms with van der Waals surface area (Å²) >= 11 is 0. The van der Waals surface area contributed by atoms with Crippen molar-refractivity contribution in [1.82, 2.24) is 9.97 Å². The van der Waals surface area contributed by atoms with Crippen molar-refractivity contribution in [3.63, 3.8) is 0 Å². The van der Waals surface area contributed by atoms with Crippen molar-refractivity contribution in [2.45, 2.75) is 26.4 Å². The van der Waals surface area contributed by atoms with Crippen LogP contribution in [0.15, 0.2) is 59.3 Å². The number of carbonyl (C=O) groups is 1. The van der Waals surface area contributed by atoms with E-state index in [1.165, 1.54) is 27.1 Å². The van der Waals surface area contributed by atoms with Gasteiger partial charge in [-0.25, -0.2) is 14.4 Å². The van der Waals surface area contributed by atoms with Crippen LogP contribution in [0.25, 0.3) is 33.7 Å². The first-order valence-corrected chi connectivity index (χ1v) is 9.13. The summed E-state index contributed by atoms with van der Waals surface area (Å²) in [6.45, 7) is 4.56. The highest BCUT2D eigenvalue weighted by molar-refractivity contribution is 5.95. The van der Waals surface area contributed by atoms with E-state index in [9.17, 15) is 9.90 Å². The third-order valence-corrected chi connectivity index (χ3v) is 4.80. The van der Waals surface area contributed by atoms with Crippen LogP contribution in [0, 0.1) is 5.82 Å². The number of rotatable bonds is 4. The Morgan fingerprint density at radius 1 is 1.10 bits per heavy atom. The Morgan fingerprint density at radius 2 is 1.83 bits per heavy atom. The standard InChI is InChI=1S/C23H19FN2O3/c1-13(27)14-7-9-15(10-8-14)19-11-18-22(29-19)21(26-12-25-18)16-5-4-6-17(20(16)24)23(2,3)28/h4-12,28H,1-3H3. The second kappa shape index (κ2) is 6.90. The first kappa shape index (κ1) is 19.0. The van der Waals surface area contributed by atoms with Gasteiger partial charge in [-0.3, -0.25) is 4.79 Å². The lowest BCUT2D eigenvalue weighted by atomic mass is 9.94. The number of nitrogens with zero attached hydrogens (tertiary/aromatic N) is 2. The number of hydrogen-bond donors (Lipinski definition) is 1.